The van der Waals surface area contributed by atoms with Crippen LogP contribution >= 0.6 is 0 Å². The van der Waals surface area contributed by atoms with E-state index in [-0.39, 0.29) is 35.7 Å². The van der Waals surface area contributed by atoms with Crippen LogP contribution in [-0.4, -0.2) is 84.3 Å². The molecule has 0 bridgehead atoms. The standard InChI is InChI=1S/C26H46N4O3/c1-18(2)21(17-19(3)24(32)30-15-11-12-16-30)29(8)25(33)22(26(4,5)6)27-23(31)20-13-9-10-14-28(20)7/h17-18,20-22H,9-16H2,1-8H3,(H,27,31)/t20?,21-,22-/m1/s1. The van der Waals surface area contributed by atoms with E-state index in [0.717, 1.165) is 51.7 Å². The van der Waals surface area contributed by atoms with Gasteiger partial charge in [-0.15, -0.1) is 0 Å². The molecule has 0 aromatic carbocycles. The Kier molecular flexibility index (Phi) is 9.53. The molecule has 0 aliphatic carbocycles. The summed E-state index contributed by atoms with van der Waals surface area (Å²) in [4.78, 5) is 45.4. The molecule has 188 valence electrons. The maximum Gasteiger partial charge on any atom is 0.249 e. The highest BCUT2D eigenvalue weighted by Gasteiger charge is 2.39. The highest BCUT2D eigenvalue weighted by atomic mass is 16.2. The minimum atomic E-state index is -0.644. The van der Waals surface area contributed by atoms with Crippen molar-refractivity contribution >= 4 is 17.7 Å². The van der Waals surface area contributed by atoms with Crippen LogP contribution in [0.3, 0.4) is 0 Å². The number of rotatable bonds is 7. The van der Waals surface area contributed by atoms with E-state index in [1.54, 1.807) is 11.9 Å². The quantitative estimate of drug-likeness (QED) is 0.590. The Morgan fingerprint density at radius 1 is 1.03 bits per heavy atom. The largest absolute Gasteiger partial charge is 0.342 e. The van der Waals surface area contributed by atoms with Gasteiger partial charge in [0.2, 0.25) is 17.7 Å². The number of amides is 3. The minimum Gasteiger partial charge on any atom is -0.342 e. The zero-order valence-electron chi connectivity index (χ0n) is 22.1. The molecule has 7 heteroatoms. The molecule has 2 saturated heterocycles. The van der Waals surface area contributed by atoms with Crippen molar-refractivity contribution in [2.24, 2.45) is 11.3 Å². The number of carbonyl (C=O) groups is 3. The van der Waals surface area contributed by atoms with E-state index >= 15 is 0 Å². The second kappa shape index (κ2) is 11.5. The monoisotopic (exact) mass is 462 g/mol. The zero-order valence-corrected chi connectivity index (χ0v) is 22.1. The molecular formula is C26H46N4O3. The first-order chi connectivity index (χ1) is 15.3. The van der Waals surface area contributed by atoms with Crippen LogP contribution in [0.2, 0.25) is 0 Å². The molecule has 33 heavy (non-hydrogen) atoms. The smallest absolute Gasteiger partial charge is 0.249 e. The SMILES string of the molecule is CC(=C[C@H](C(C)C)N(C)C(=O)[C@@H](NC(=O)C1CCCCN1C)C(C)(C)C)C(=O)N1CCCC1. The number of likely N-dealkylation sites (N-methyl/N-ethyl adjacent to an activating group) is 2. The molecular weight excluding hydrogens is 416 g/mol. The summed E-state index contributed by atoms with van der Waals surface area (Å²) in [5, 5.41) is 3.08. The Bertz CT molecular complexity index is 734. The maximum absolute atomic E-state index is 13.7. The second-order valence-electron chi connectivity index (χ2n) is 11.3. The first-order valence-electron chi connectivity index (χ1n) is 12.6. The van der Waals surface area contributed by atoms with E-state index in [2.05, 4.69) is 24.1 Å². The summed E-state index contributed by atoms with van der Waals surface area (Å²) >= 11 is 0. The molecule has 2 heterocycles. The number of hydrogen-bond acceptors (Lipinski definition) is 4. The first kappa shape index (κ1) is 27.4. The predicted molar refractivity (Wildman–Crippen MR) is 133 cm³/mol. The number of nitrogens with zero attached hydrogens (tertiary/aromatic N) is 3. The fourth-order valence-electron chi connectivity index (χ4n) is 4.89. The van der Waals surface area contributed by atoms with Crippen LogP contribution in [-0.2, 0) is 14.4 Å². The van der Waals surface area contributed by atoms with Crippen LogP contribution in [0.1, 0.15) is 73.6 Å². The molecule has 0 radical (unpaired) electrons. The predicted octanol–water partition coefficient (Wildman–Crippen LogP) is 3.05. The van der Waals surface area contributed by atoms with E-state index in [1.807, 2.05) is 45.7 Å². The van der Waals surface area contributed by atoms with Gasteiger partial charge in [-0.25, -0.2) is 0 Å². The van der Waals surface area contributed by atoms with Crippen molar-refractivity contribution in [1.82, 2.24) is 20.0 Å². The van der Waals surface area contributed by atoms with Crippen LogP contribution in [0, 0.1) is 11.3 Å². The van der Waals surface area contributed by atoms with Gasteiger partial charge < -0.3 is 15.1 Å². The summed E-state index contributed by atoms with van der Waals surface area (Å²) in [5.74, 6) is -0.0114. The molecule has 0 aromatic heterocycles. The Morgan fingerprint density at radius 2 is 1.61 bits per heavy atom. The number of nitrogens with one attached hydrogen (secondary N) is 1. The van der Waals surface area contributed by atoms with E-state index in [0.29, 0.717) is 5.57 Å². The van der Waals surface area contributed by atoms with Gasteiger partial charge in [0.1, 0.15) is 6.04 Å². The van der Waals surface area contributed by atoms with Gasteiger partial charge in [-0.1, -0.05) is 47.1 Å². The van der Waals surface area contributed by atoms with Gasteiger partial charge in [0, 0.05) is 25.7 Å². The van der Waals surface area contributed by atoms with Gasteiger partial charge in [0.15, 0.2) is 0 Å². The van der Waals surface area contributed by atoms with Crippen molar-refractivity contribution in [1.29, 1.82) is 0 Å². The third-order valence-corrected chi connectivity index (χ3v) is 7.10. The Hall–Kier alpha value is -1.89. The molecule has 0 spiro atoms. The molecule has 1 unspecified atom stereocenters. The lowest BCUT2D eigenvalue weighted by Gasteiger charge is -2.39. The third kappa shape index (κ3) is 7.05. The summed E-state index contributed by atoms with van der Waals surface area (Å²) < 4.78 is 0. The average molecular weight is 463 g/mol. The number of carbonyl (C=O) groups excluding carboxylic acids is 3. The van der Waals surface area contributed by atoms with Gasteiger partial charge in [-0.2, -0.15) is 0 Å². The summed E-state index contributed by atoms with van der Waals surface area (Å²) in [6, 6.07) is -1.07. The van der Waals surface area contributed by atoms with Gasteiger partial charge in [0.05, 0.1) is 12.1 Å². The van der Waals surface area contributed by atoms with E-state index in [1.165, 1.54) is 0 Å². The van der Waals surface area contributed by atoms with E-state index < -0.39 is 11.5 Å². The maximum atomic E-state index is 13.7. The van der Waals surface area contributed by atoms with Crippen LogP contribution in [0.4, 0.5) is 0 Å². The Balaban J connectivity index is 2.21. The summed E-state index contributed by atoms with van der Waals surface area (Å²) in [5.41, 5.74) is 0.232. The molecule has 2 aliphatic rings. The molecule has 3 amide bonds. The lowest BCUT2D eigenvalue weighted by atomic mass is 9.84. The van der Waals surface area contributed by atoms with Crippen molar-refractivity contribution in [2.45, 2.75) is 91.8 Å². The zero-order chi connectivity index (χ0) is 24.9. The first-order valence-corrected chi connectivity index (χ1v) is 12.6. The van der Waals surface area contributed by atoms with Gasteiger partial charge in [-0.3, -0.25) is 19.3 Å². The molecule has 0 aromatic rings. The summed E-state index contributed by atoms with van der Waals surface area (Å²) in [7, 11) is 3.76. The second-order valence-corrected chi connectivity index (χ2v) is 11.3. The van der Waals surface area contributed by atoms with Crippen LogP contribution < -0.4 is 5.32 Å². The Labute approximate surface area is 200 Å². The molecule has 1 N–H and O–H groups in total. The lowest BCUT2D eigenvalue weighted by Crippen LogP contribution is -2.59. The Morgan fingerprint density at radius 3 is 2.12 bits per heavy atom. The minimum absolute atomic E-state index is 0.0556. The van der Waals surface area contributed by atoms with Crippen LogP contribution in [0.15, 0.2) is 11.6 Å². The number of piperidine rings is 1. The molecule has 2 fully saturated rings. The van der Waals surface area contributed by atoms with Crippen molar-refractivity contribution in [3.05, 3.63) is 11.6 Å². The van der Waals surface area contributed by atoms with Crippen molar-refractivity contribution in [3.8, 4) is 0 Å². The number of likely N-dealkylation sites (tertiary alicyclic amines) is 2. The summed E-state index contributed by atoms with van der Waals surface area (Å²) in [6.45, 7) is 14.4. The molecule has 0 saturated carbocycles. The molecule has 2 aliphatic heterocycles. The summed E-state index contributed by atoms with van der Waals surface area (Å²) in [6.07, 6.45) is 6.98. The normalized spacial score (nSPS) is 22.3. The highest BCUT2D eigenvalue weighted by Crippen LogP contribution is 2.25. The topological polar surface area (TPSA) is 73.0 Å². The van der Waals surface area contributed by atoms with Crippen molar-refractivity contribution in [2.75, 3.05) is 33.7 Å². The fraction of sp³-hybridized carbons (Fsp3) is 0.808. The molecule has 7 nitrogen and oxygen atoms in total. The fourth-order valence-corrected chi connectivity index (χ4v) is 4.89. The van der Waals surface area contributed by atoms with Crippen molar-refractivity contribution in [3.63, 3.8) is 0 Å². The van der Waals surface area contributed by atoms with Gasteiger partial charge in [0.25, 0.3) is 0 Å². The number of hydrogen-bond donors (Lipinski definition) is 1. The van der Waals surface area contributed by atoms with E-state index in [4.69, 9.17) is 0 Å². The van der Waals surface area contributed by atoms with Crippen LogP contribution in [0.5, 0.6) is 0 Å². The molecule has 2 rings (SSSR count). The lowest BCUT2D eigenvalue weighted by molar-refractivity contribution is -0.141. The van der Waals surface area contributed by atoms with Gasteiger partial charge >= 0.3 is 0 Å². The van der Waals surface area contributed by atoms with Crippen LogP contribution in [0.25, 0.3) is 0 Å². The third-order valence-electron chi connectivity index (χ3n) is 7.10. The highest BCUT2D eigenvalue weighted by molar-refractivity contribution is 5.93. The van der Waals surface area contributed by atoms with Gasteiger partial charge in [-0.05, 0) is 57.5 Å². The average Bonchev–Trinajstić information content (AvgIpc) is 3.28. The molecule has 3 atom stereocenters. The van der Waals surface area contributed by atoms with E-state index in [9.17, 15) is 14.4 Å². The van der Waals surface area contributed by atoms with Crippen molar-refractivity contribution < 1.29 is 14.4 Å².